The zero-order valence-electron chi connectivity index (χ0n) is 27.9. The van der Waals surface area contributed by atoms with Gasteiger partial charge in [-0.25, -0.2) is 4.70 Å². The minimum atomic E-state index is 0. The number of rotatable bonds is 14. The largest absolute Gasteiger partial charge is 2.00 e. The summed E-state index contributed by atoms with van der Waals surface area (Å²) in [6.45, 7) is 18.1. The molecule has 1 aliphatic rings. The van der Waals surface area contributed by atoms with Gasteiger partial charge in [-0.1, -0.05) is 97.1 Å². The van der Waals surface area contributed by atoms with Gasteiger partial charge >= 0.3 is 16.5 Å². The molecule has 2 aromatic carbocycles. The Labute approximate surface area is 276 Å². The maximum absolute atomic E-state index is 11.4. The van der Waals surface area contributed by atoms with Crippen LogP contribution in [-0.4, -0.2) is 4.70 Å². The summed E-state index contributed by atoms with van der Waals surface area (Å²) in [7, 11) is 0. The summed E-state index contributed by atoms with van der Waals surface area (Å²) in [4.78, 5) is 0. The molecule has 1 aliphatic heterocycles. The molecule has 0 saturated carbocycles. The third-order valence-electron chi connectivity index (χ3n) is 7.17. The molecule has 0 unspecified atom stereocenters. The Morgan fingerprint density at radius 1 is 0.674 bits per heavy atom. The van der Waals surface area contributed by atoms with E-state index >= 15 is 0 Å². The molecule has 0 N–H and O–H groups in total. The number of benzene rings is 2. The molecule has 0 saturated heterocycles. The summed E-state index contributed by atoms with van der Waals surface area (Å²) in [5, 5.41) is 0. The monoisotopic (exact) mass is 624 g/mol. The molecule has 0 aromatic heterocycles. The van der Waals surface area contributed by atoms with Crippen LogP contribution in [0.15, 0.2) is 60.2 Å². The fourth-order valence-corrected chi connectivity index (χ4v) is 4.50. The molecule has 0 aliphatic carbocycles. The van der Waals surface area contributed by atoms with Crippen molar-refractivity contribution < 1.29 is 21.2 Å². The van der Waals surface area contributed by atoms with Crippen LogP contribution in [0.4, 0.5) is 0 Å². The van der Waals surface area contributed by atoms with Crippen LogP contribution in [-0.2, 0) is 29.3 Å². The number of aryl methyl sites for hydroxylation is 2. The van der Waals surface area contributed by atoms with E-state index in [0.717, 1.165) is 80.3 Å². The predicted molar refractivity (Wildman–Crippen MR) is 186 cm³/mol. The van der Waals surface area contributed by atoms with Gasteiger partial charge in [0.1, 0.15) is 0 Å². The van der Waals surface area contributed by atoms with Crippen molar-refractivity contribution >= 4 is 11.4 Å². The Hall–Kier alpha value is -2.43. The van der Waals surface area contributed by atoms with Crippen LogP contribution in [0.25, 0.3) is 16.9 Å². The molecular weight excluding hydrogens is 567 g/mol. The van der Waals surface area contributed by atoms with E-state index in [1.807, 2.05) is 0 Å². The number of hydrogen-bond donors (Lipinski definition) is 0. The van der Waals surface area contributed by atoms with Gasteiger partial charge in [0, 0.05) is 35.6 Å². The molecule has 3 heteroatoms. The number of allylic oxidation sites excluding steroid dienone is 2. The van der Waals surface area contributed by atoms with Crippen molar-refractivity contribution in [2.24, 2.45) is 0 Å². The standard InChI is InChI=1S/C32H40N2.2C4H9.Ni/c1-4-7-10-11-13-17-27-18-14-15-20-30(27)31-25-29(19-12-8-5-2)32(34(31)33)28-23-21-26(22-24-28)16-9-6-3;2*1-3-4-2;/h14-15,18,20-25H,4-9,12-13,16-17,19H2,1-3H3;2*1,3-4H2,2H3;/q;2*-1;+2. The average molecular weight is 626 g/mol. The second kappa shape index (κ2) is 26.0. The van der Waals surface area contributed by atoms with Crippen molar-refractivity contribution in [3.8, 4) is 11.8 Å². The second-order valence-electron chi connectivity index (χ2n) is 10.9. The van der Waals surface area contributed by atoms with Crippen LogP contribution < -0.4 is 0 Å². The molecular formula is C40H58N2Ni. The summed E-state index contributed by atoms with van der Waals surface area (Å²) in [6, 6.07) is 17.2. The normalized spacial score (nSPS) is 11.8. The second-order valence-corrected chi connectivity index (χ2v) is 10.9. The zero-order valence-corrected chi connectivity index (χ0v) is 28.9. The number of unbranched alkanes of at least 4 members (excludes halogenated alkanes) is 6. The molecule has 2 nitrogen and oxygen atoms in total. The zero-order chi connectivity index (χ0) is 31.0. The molecule has 1 heterocycles. The van der Waals surface area contributed by atoms with Crippen molar-refractivity contribution in [2.75, 3.05) is 0 Å². The van der Waals surface area contributed by atoms with Gasteiger partial charge in [0.25, 0.3) is 0 Å². The fourth-order valence-electron chi connectivity index (χ4n) is 4.50. The third-order valence-corrected chi connectivity index (χ3v) is 7.17. The van der Waals surface area contributed by atoms with Crippen LogP contribution in [0.2, 0.25) is 0 Å². The van der Waals surface area contributed by atoms with Gasteiger partial charge in [-0.2, -0.15) is 12.8 Å². The number of nitrogens with zero attached hydrogens (tertiary/aromatic N) is 2. The average Bonchev–Trinajstić information content (AvgIpc) is 3.36. The first kappa shape index (κ1) is 40.6. The summed E-state index contributed by atoms with van der Waals surface area (Å²) < 4.78 is 1.43. The summed E-state index contributed by atoms with van der Waals surface area (Å²) in [6.07, 6.45) is 18.6. The third kappa shape index (κ3) is 15.2. The van der Waals surface area contributed by atoms with E-state index < -0.39 is 0 Å². The Morgan fingerprint density at radius 3 is 1.86 bits per heavy atom. The van der Waals surface area contributed by atoms with Crippen molar-refractivity contribution in [2.45, 2.75) is 131 Å². The SMILES string of the molecule is CCCC#CCCc1ccccc1C1=CC(CCCCC)=C(c2ccc(CCCC)cc2)[N+]1=[N-].[CH2-]CCC.[CH2-]CCC.[Ni+2]. The minimum absolute atomic E-state index is 0. The Kier molecular flexibility index (Phi) is 24.5. The van der Waals surface area contributed by atoms with E-state index in [4.69, 9.17) is 0 Å². The van der Waals surface area contributed by atoms with Crippen LogP contribution in [0.3, 0.4) is 0 Å². The maximum atomic E-state index is 11.4. The first-order chi connectivity index (χ1) is 20.5. The molecule has 2 aromatic rings. The molecule has 0 atom stereocenters. The molecule has 238 valence electrons. The van der Waals surface area contributed by atoms with Crippen LogP contribution in [0, 0.1) is 25.7 Å². The summed E-state index contributed by atoms with van der Waals surface area (Å²) in [5.74, 6) is 6.56. The van der Waals surface area contributed by atoms with E-state index in [2.05, 4.69) is 115 Å². The van der Waals surface area contributed by atoms with E-state index in [9.17, 15) is 5.53 Å². The predicted octanol–water partition coefficient (Wildman–Crippen LogP) is 12.4. The van der Waals surface area contributed by atoms with Gasteiger partial charge in [-0.15, -0.1) is 11.8 Å². The van der Waals surface area contributed by atoms with Crippen LogP contribution >= 0.6 is 0 Å². The molecule has 0 spiro atoms. The Morgan fingerprint density at radius 2 is 1.28 bits per heavy atom. The molecule has 3 rings (SSSR count). The summed E-state index contributed by atoms with van der Waals surface area (Å²) >= 11 is 0. The first-order valence-electron chi connectivity index (χ1n) is 16.7. The van der Waals surface area contributed by atoms with E-state index in [0.29, 0.717) is 0 Å². The Balaban J connectivity index is 0.00000174. The van der Waals surface area contributed by atoms with Crippen molar-refractivity contribution in [1.82, 2.24) is 0 Å². The number of hydrogen-bond acceptors (Lipinski definition) is 0. The van der Waals surface area contributed by atoms with Gasteiger partial charge in [0.05, 0.1) is 0 Å². The fraction of sp³-hybridized carbons (Fsp3) is 0.500. The summed E-state index contributed by atoms with van der Waals surface area (Å²) in [5.41, 5.74) is 19.3. The van der Waals surface area contributed by atoms with Gasteiger partial charge in [-0.3, -0.25) is 0 Å². The van der Waals surface area contributed by atoms with Crippen molar-refractivity contribution in [3.05, 3.63) is 102 Å². The van der Waals surface area contributed by atoms with Crippen LogP contribution in [0.5, 0.6) is 0 Å². The van der Waals surface area contributed by atoms with E-state index in [1.165, 1.54) is 59.9 Å². The van der Waals surface area contributed by atoms with Gasteiger partial charge in [0.15, 0.2) is 0 Å². The van der Waals surface area contributed by atoms with E-state index in [1.54, 1.807) is 0 Å². The van der Waals surface area contributed by atoms with Crippen LogP contribution in [0.1, 0.15) is 140 Å². The van der Waals surface area contributed by atoms with Gasteiger partial charge in [-0.05, 0) is 67.9 Å². The molecule has 0 radical (unpaired) electrons. The van der Waals surface area contributed by atoms with Gasteiger partial charge < -0.3 is 19.4 Å². The minimum Gasteiger partial charge on any atom is -0.493 e. The maximum Gasteiger partial charge on any atom is 2.00 e. The quantitative estimate of drug-likeness (QED) is 0.0656. The van der Waals surface area contributed by atoms with E-state index in [-0.39, 0.29) is 16.5 Å². The molecule has 0 amide bonds. The topological polar surface area (TPSA) is 25.3 Å². The Bertz CT molecular complexity index is 1140. The smallest absolute Gasteiger partial charge is 0.493 e. The van der Waals surface area contributed by atoms with Gasteiger partial charge in [0.2, 0.25) is 11.4 Å². The first-order valence-corrected chi connectivity index (χ1v) is 16.7. The van der Waals surface area contributed by atoms with Crippen molar-refractivity contribution in [1.29, 1.82) is 0 Å². The van der Waals surface area contributed by atoms with Crippen molar-refractivity contribution in [3.63, 3.8) is 0 Å². The molecule has 43 heavy (non-hydrogen) atoms. The molecule has 0 bridgehead atoms. The molecule has 0 fully saturated rings.